The van der Waals surface area contributed by atoms with Crippen molar-refractivity contribution in [2.45, 2.75) is 13.8 Å². The number of para-hydroxylation sites is 1. The van der Waals surface area contributed by atoms with E-state index in [0.717, 1.165) is 22.3 Å². The zero-order valence-corrected chi connectivity index (χ0v) is 12.7. The third-order valence-corrected chi connectivity index (χ3v) is 3.68. The minimum Gasteiger partial charge on any atom is -0.308 e. The predicted molar refractivity (Wildman–Crippen MR) is 88.1 cm³/mol. The quantitative estimate of drug-likeness (QED) is 0.740. The Morgan fingerprint density at radius 2 is 1.77 bits per heavy atom. The molecule has 0 bridgehead atoms. The monoisotopic (exact) mass is 291 g/mol. The van der Waals surface area contributed by atoms with Crippen LogP contribution in [-0.4, -0.2) is 22.4 Å². The number of carbonyl (C=O) groups is 1. The summed E-state index contributed by atoms with van der Waals surface area (Å²) in [6.45, 7) is 4.60. The average Bonchev–Trinajstić information content (AvgIpc) is 2.56. The van der Waals surface area contributed by atoms with Gasteiger partial charge in [-0.15, -0.1) is 0 Å². The van der Waals surface area contributed by atoms with Gasteiger partial charge in [-0.2, -0.15) is 0 Å². The van der Waals surface area contributed by atoms with Crippen molar-refractivity contribution >= 4 is 22.6 Å². The Morgan fingerprint density at radius 3 is 2.50 bits per heavy atom. The summed E-state index contributed by atoms with van der Waals surface area (Å²) in [7, 11) is 0. The lowest BCUT2D eigenvalue weighted by Crippen LogP contribution is -2.31. The van der Waals surface area contributed by atoms with E-state index in [1.165, 1.54) is 0 Å². The zero-order valence-electron chi connectivity index (χ0n) is 12.7. The van der Waals surface area contributed by atoms with Crippen LogP contribution in [0.5, 0.6) is 0 Å². The number of anilines is 1. The second-order valence-corrected chi connectivity index (χ2v) is 5.10. The van der Waals surface area contributed by atoms with Crippen LogP contribution in [0.25, 0.3) is 11.0 Å². The Balaban J connectivity index is 2.01. The summed E-state index contributed by atoms with van der Waals surface area (Å²) in [6, 6.07) is 13.3. The number of carbonyl (C=O) groups excluding carboxylic acids is 1. The molecule has 0 aliphatic rings. The first-order valence-corrected chi connectivity index (χ1v) is 7.29. The first-order valence-electron chi connectivity index (χ1n) is 7.29. The number of amides is 1. The van der Waals surface area contributed by atoms with Gasteiger partial charge in [0.05, 0.1) is 11.0 Å². The highest BCUT2D eigenvalue weighted by Gasteiger charge is 2.18. The van der Waals surface area contributed by atoms with Crippen LogP contribution in [0.2, 0.25) is 0 Å². The fourth-order valence-corrected chi connectivity index (χ4v) is 2.54. The third kappa shape index (κ3) is 2.55. The zero-order chi connectivity index (χ0) is 15.5. The van der Waals surface area contributed by atoms with E-state index < -0.39 is 0 Å². The second kappa shape index (κ2) is 5.93. The Bertz CT molecular complexity index is 829. The van der Waals surface area contributed by atoms with E-state index in [4.69, 9.17) is 0 Å². The number of rotatable bonds is 3. The minimum absolute atomic E-state index is 0.0237. The van der Waals surface area contributed by atoms with E-state index in [9.17, 15) is 4.79 Å². The van der Waals surface area contributed by atoms with Crippen LogP contribution in [0.15, 0.2) is 54.9 Å². The number of hydrogen-bond acceptors (Lipinski definition) is 3. The van der Waals surface area contributed by atoms with Gasteiger partial charge in [-0.25, -0.2) is 0 Å². The van der Waals surface area contributed by atoms with Crippen molar-refractivity contribution in [1.29, 1.82) is 0 Å². The van der Waals surface area contributed by atoms with Crippen molar-refractivity contribution in [2.24, 2.45) is 0 Å². The lowest BCUT2D eigenvalue weighted by molar-refractivity contribution is 0.0988. The van der Waals surface area contributed by atoms with Crippen LogP contribution in [0, 0.1) is 6.92 Å². The summed E-state index contributed by atoms with van der Waals surface area (Å²) in [5.41, 5.74) is 4.16. The van der Waals surface area contributed by atoms with Crippen LogP contribution in [0.3, 0.4) is 0 Å². The molecule has 0 aliphatic heterocycles. The number of aromatic nitrogens is 2. The second-order valence-electron chi connectivity index (χ2n) is 5.10. The molecule has 0 atom stereocenters. The molecule has 0 radical (unpaired) electrons. The van der Waals surface area contributed by atoms with Crippen LogP contribution in [0.4, 0.5) is 5.69 Å². The fraction of sp³-hybridized carbons (Fsp3) is 0.167. The topological polar surface area (TPSA) is 46.1 Å². The molecule has 22 heavy (non-hydrogen) atoms. The van der Waals surface area contributed by atoms with Gasteiger partial charge in [0.2, 0.25) is 0 Å². The molecule has 0 saturated carbocycles. The van der Waals surface area contributed by atoms with Gasteiger partial charge in [-0.3, -0.25) is 14.8 Å². The van der Waals surface area contributed by atoms with E-state index in [2.05, 4.69) is 9.97 Å². The van der Waals surface area contributed by atoms with Gasteiger partial charge in [0.25, 0.3) is 5.91 Å². The van der Waals surface area contributed by atoms with Crippen LogP contribution >= 0.6 is 0 Å². The lowest BCUT2D eigenvalue weighted by atomic mass is 10.1. The largest absolute Gasteiger partial charge is 0.308 e. The summed E-state index contributed by atoms with van der Waals surface area (Å²) >= 11 is 0. The first kappa shape index (κ1) is 14.2. The molecule has 0 fully saturated rings. The summed E-state index contributed by atoms with van der Waals surface area (Å²) < 4.78 is 0. The highest BCUT2D eigenvalue weighted by Crippen LogP contribution is 2.22. The molecule has 0 saturated heterocycles. The standard InChI is InChI=1S/C18H17N3O/c1-3-21(17-7-5-4-6-13(17)2)18(22)14-8-9-15-16(12-14)20-11-10-19-15/h4-12H,3H2,1-2H3. The van der Waals surface area contributed by atoms with Crippen molar-refractivity contribution in [2.75, 3.05) is 11.4 Å². The molecule has 110 valence electrons. The molecule has 1 aromatic heterocycles. The normalized spacial score (nSPS) is 10.6. The molecule has 1 heterocycles. The summed E-state index contributed by atoms with van der Waals surface area (Å²) in [5, 5.41) is 0. The molecule has 0 aliphatic carbocycles. The van der Waals surface area contributed by atoms with Gasteiger partial charge in [0, 0.05) is 30.2 Å². The number of aryl methyl sites for hydroxylation is 1. The molecule has 3 rings (SSSR count). The third-order valence-electron chi connectivity index (χ3n) is 3.68. The molecule has 0 unspecified atom stereocenters. The Hall–Kier alpha value is -2.75. The van der Waals surface area contributed by atoms with Gasteiger partial charge >= 0.3 is 0 Å². The van der Waals surface area contributed by atoms with Gasteiger partial charge < -0.3 is 4.90 Å². The summed E-state index contributed by atoms with van der Waals surface area (Å²) in [4.78, 5) is 23.1. The Morgan fingerprint density at radius 1 is 1.05 bits per heavy atom. The van der Waals surface area contributed by atoms with Crippen molar-refractivity contribution in [3.05, 3.63) is 66.0 Å². The Labute approximate surface area is 129 Å². The molecule has 4 nitrogen and oxygen atoms in total. The smallest absolute Gasteiger partial charge is 0.258 e. The molecule has 4 heteroatoms. The SMILES string of the molecule is CCN(C(=O)c1ccc2nccnc2c1)c1ccccc1C. The van der Waals surface area contributed by atoms with E-state index in [0.29, 0.717) is 12.1 Å². The number of fused-ring (bicyclic) bond motifs is 1. The number of nitrogens with zero attached hydrogens (tertiary/aromatic N) is 3. The molecule has 2 aromatic carbocycles. The lowest BCUT2D eigenvalue weighted by Gasteiger charge is -2.23. The van der Waals surface area contributed by atoms with Crippen LogP contribution in [-0.2, 0) is 0 Å². The summed E-state index contributed by atoms with van der Waals surface area (Å²) in [6.07, 6.45) is 3.28. The van der Waals surface area contributed by atoms with E-state index in [-0.39, 0.29) is 5.91 Å². The molecule has 3 aromatic rings. The van der Waals surface area contributed by atoms with Gasteiger partial charge in [0.15, 0.2) is 0 Å². The Kier molecular flexibility index (Phi) is 3.83. The van der Waals surface area contributed by atoms with Crippen LogP contribution < -0.4 is 4.90 Å². The molecule has 1 amide bonds. The summed E-state index contributed by atoms with van der Waals surface area (Å²) in [5.74, 6) is -0.0237. The molecular formula is C18H17N3O. The minimum atomic E-state index is -0.0237. The highest BCUT2D eigenvalue weighted by atomic mass is 16.2. The number of benzene rings is 2. The maximum absolute atomic E-state index is 12.8. The van der Waals surface area contributed by atoms with Crippen molar-refractivity contribution in [3.8, 4) is 0 Å². The van der Waals surface area contributed by atoms with Crippen molar-refractivity contribution in [1.82, 2.24) is 9.97 Å². The predicted octanol–water partition coefficient (Wildman–Crippen LogP) is 3.60. The van der Waals surface area contributed by atoms with Gasteiger partial charge in [0.1, 0.15) is 0 Å². The molecular weight excluding hydrogens is 274 g/mol. The van der Waals surface area contributed by atoms with Crippen LogP contribution in [0.1, 0.15) is 22.8 Å². The van der Waals surface area contributed by atoms with E-state index in [1.54, 1.807) is 29.4 Å². The van der Waals surface area contributed by atoms with Crippen molar-refractivity contribution in [3.63, 3.8) is 0 Å². The van der Waals surface area contributed by atoms with E-state index >= 15 is 0 Å². The average molecular weight is 291 g/mol. The van der Waals surface area contributed by atoms with Gasteiger partial charge in [-0.1, -0.05) is 18.2 Å². The maximum atomic E-state index is 12.8. The van der Waals surface area contributed by atoms with Crippen molar-refractivity contribution < 1.29 is 4.79 Å². The maximum Gasteiger partial charge on any atom is 0.258 e. The fourth-order valence-electron chi connectivity index (χ4n) is 2.54. The molecule has 0 spiro atoms. The highest BCUT2D eigenvalue weighted by molar-refractivity contribution is 6.07. The first-order chi connectivity index (χ1) is 10.7. The van der Waals surface area contributed by atoms with Gasteiger partial charge in [-0.05, 0) is 43.7 Å². The number of hydrogen-bond donors (Lipinski definition) is 0. The molecule has 0 N–H and O–H groups in total. The van der Waals surface area contributed by atoms with E-state index in [1.807, 2.05) is 44.2 Å².